The summed E-state index contributed by atoms with van der Waals surface area (Å²) in [5.74, 6) is 5.50. The van der Waals surface area contributed by atoms with Gasteiger partial charge in [-0.15, -0.1) is 0 Å². The molecule has 0 radical (unpaired) electrons. The second-order valence-electron chi connectivity index (χ2n) is 4.93. The Kier molecular flexibility index (Phi) is 5.76. The van der Waals surface area contributed by atoms with Crippen LogP contribution in [0, 0.1) is 0 Å². The second-order valence-corrected chi connectivity index (χ2v) is 4.93. The molecule has 110 valence electrons. The number of carbonyl (C=O) groups is 1. The van der Waals surface area contributed by atoms with Crippen molar-refractivity contribution < 1.29 is 9.53 Å². The van der Waals surface area contributed by atoms with Gasteiger partial charge in [0.1, 0.15) is 0 Å². The van der Waals surface area contributed by atoms with Crippen molar-refractivity contribution in [2.75, 3.05) is 18.6 Å². The van der Waals surface area contributed by atoms with Crippen LogP contribution in [0.25, 0.3) is 0 Å². The summed E-state index contributed by atoms with van der Waals surface area (Å²) in [7, 11) is 0. The molecule has 0 aliphatic heterocycles. The number of hydrogen-bond acceptors (Lipinski definition) is 5. The zero-order valence-corrected chi connectivity index (χ0v) is 11.6. The molecule has 1 saturated carbocycles. The first kappa shape index (κ1) is 14.7. The molecule has 0 unspecified atom stereocenters. The number of pyridine rings is 1. The smallest absolute Gasteiger partial charge is 0.255 e. The Morgan fingerprint density at radius 2 is 2.20 bits per heavy atom. The fraction of sp³-hybridized carbons (Fsp3) is 0.571. The molecular formula is C14H22N4O2. The zero-order valence-electron chi connectivity index (χ0n) is 11.6. The van der Waals surface area contributed by atoms with E-state index in [4.69, 9.17) is 10.6 Å². The first-order chi connectivity index (χ1) is 9.81. The number of nitrogens with two attached hydrogens (primary N) is 1. The summed E-state index contributed by atoms with van der Waals surface area (Å²) in [5, 5.41) is 2.81. The van der Waals surface area contributed by atoms with Gasteiger partial charge in [-0.1, -0.05) is 19.3 Å². The van der Waals surface area contributed by atoms with E-state index in [1.54, 1.807) is 18.3 Å². The molecular weight excluding hydrogens is 256 g/mol. The highest BCUT2D eigenvalue weighted by molar-refractivity contribution is 5.98. The summed E-state index contributed by atoms with van der Waals surface area (Å²) in [6.45, 7) is 1.04. The standard InChI is InChI=1S/C14H22N4O2/c15-18-13-12(7-4-8-16-13)14(19)17-9-10-20-11-5-2-1-3-6-11/h4,7-8,11H,1-3,5-6,9-10,15H2,(H,16,18)(H,17,19). The van der Waals surface area contributed by atoms with Gasteiger partial charge in [-0.3, -0.25) is 4.79 Å². The van der Waals surface area contributed by atoms with Crippen molar-refractivity contribution in [2.24, 2.45) is 5.84 Å². The number of aromatic nitrogens is 1. The van der Waals surface area contributed by atoms with Crippen LogP contribution in [0.5, 0.6) is 0 Å². The van der Waals surface area contributed by atoms with Crippen LogP contribution >= 0.6 is 0 Å². The van der Waals surface area contributed by atoms with E-state index in [0.29, 0.717) is 30.6 Å². The topological polar surface area (TPSA) is 89.3 Å². The van der Waals surface area contributed by atoms with E-state index in [0.717, 1.165) is 12.8 Å². The van der Waals surface area contributed by atoms with Crippen LogP contribution in [-0.4, -0.2) is 30.1 Å². The van der Waals surface area contributed by atoms with Gasteiger partial charge in [0.25, 0.3) is 5.91 Å². The number of anilines is 1. The number of ether oxygens (including phenoxy) is 1. The maximum absolute atomic E-state index is 12.0. The van der Waals surface area contributed by atoms with E-state index in [1.165, 1.54) is 19.3 Å². The fourth-order valence-electron chi connectivity index (χ4n) is 2.42. The number of nitrogen functional groups attached to an aromatic ring is 1. The summed E-state index contributed by atoms with van der Waals surface area (Å²) in [6.07, 6.45) is 8.02. The minimum atomic E-state index is -0.196. The summed E-state index contributed by atoms with van der Waals surface area (Å²) in [6, 6.07) is 3.38. The highest BCUT2D eigenvalue weighted by Gasteiger charge is 2.14. The lowest BCUT2D eigenvalue weighted by atomic mass is 9.98. The number of nitrogens with one attached hydrogen (secondary N) is 2. The lowest BCUT2D eigenvalue weighted by Gasteiger charge is -2.22. The van der Waals surface area contributed by atoms with Gasteiger partial charge in [0.15, 0.2) is 5.82 Å². The molecule has 1 aliphatic rings. The highest BCUT2D eigenvalue weighted by atomic mass is 16.5. The summed E-state index contributed by atoms with van der Waals surface area (Å²) in [5.41, 5.74) is 2.85. The number of hydrazine groups is 1. The molecule has 1 fully saturated rings. The monoisotopic (exact) mass is 278 g/mol. The molecule has 0 atom stereocenters. The van der Waals surface area contributed by atoms with Gasteiger partial charge in [0.05, 0.1) is 18.3 Å². The SMILES string of the molecule is NNc1ncccc1C(=O)NCCOC1CCCCC1. The molecule has 0 bridgehead atoms. The number of rotatable bonds is 6. The predicted octanol–water partition coefficient (Wildman–Crippen LogP) is 1.45. The van der Waals surface area contributed by atoms with Crippen molar-refractivity contribution in [2.45, 2.75) is 38.2 Å². The Bertz CT molecular complexity index is 433. The van der Waals surface area contributed by atoms with Crippen LogP contribution in [0.15, 0.2) is 18.3 Å². The van der Waals surface area contributed by atoms with E-state index >= 15 is 0 Å². The summed E-state index contributed by atoms with van der Waals surface area (Å²) < 4.78 is 5.76. The first-order valence-corrected chi connectivity index (χ1v) is 7.12. The number of hydrogen-bond donors (Lipinski definition) is 3. The van der Waals surface area contributed by atoms with E-state index in [1.807, 2.05) is 0 Å². The van der Waals surface area contributed by atoms with Crippen LogP contribution in [0.3, 0.4) is 0 Å². The average Bonchev–Trinajstić information content (AvgIpc) is 2.52. The van der Waals surface area contributed by atoms with E-state index in [-0.39, 0.29) is 5.91 Å². The van der Waals surface area contributed by atoms with Gasteiger partial charge in [-0.2, -0.15) is 0 Å². The first-order valence-electron chi connectivity index (χ1n) is 7.12. The second kappa shape index (κ2) is 7.81. The highest BCUT2D eigenvalue weighted by Crippen LogP contribution is 2.19. The quantitative estimate of drug-likeness (QED) is 0.416. The van der Waals surface area contributed by atoms with Crippen LogP contribution in [0.2, 0.25) is 0 Å². The number of amides is 1. The minimum Gasteiger partial charge on any atom is -0.376 e. The molecule has 1 aromatic heterocycles. The van der Waals surface area contributed by atoms with Crippen LogP contribution in [0.4, 0.5) is 5.82 Å². The number of carbonyl (C=O) groups excluding carboxylic acids is 1. The van der Waals surface area contributed by atoms with Crippen molar-refractivity contribution in [1.29, 1.82) is 0 Å². The molecule has 1 amide bonds. The molecule has 6 heteroatoms. The third-order valence-electron chi connectivity index (χ3n) is 3.48. The number of nitrogens with zero attached hydrogens (tertiary/aromatic N) is 1. The Morgan fingerprint density at radius 1 is 1.40 bits per heavy atom. The largest absolute Gasteiger partial charge is 0.376 e. The predicted molar refractivity (Wildman–Crippen MR) is 77.2 cm³/mol. The molecule has 0 aromatic carbocycles. The zero-order chi connectivity index (χ0) is 14.2. The van der Waals surface area contributed by atoms with Crippen LogP contribution in [0.1, 0.15) is 42.5 Å². The van der Waals surface area contributed by atoms with Crippen LogP contribution < -0.4 is 16.6 Å². The average molecular weight is 278 g/mol. The normalized spacial score (nSPS) is 15.8. The van der Waals surface area contributed by atoms with E-state index < -0.39 is 0 Å². The van der Waals surface area contributed by atoms with E-state index in [9.17, 15) is 4.79 Å². The van der Waals surface area contributed by atoms with Gasteiger partial charge < -0.3 is 15.5 Å². The van der Waals surface area contributed by atoms with Crippen molar-refractivity contribution in [1.82, 2.24) is 10.3 Å². The summed E-state index contributed by atoms with van der Waals surface area (Å²) >= 11 is 0. The molecule has 1 aliphatic carbocycles. The minimum absolute atomic E-state index is 0.196. The third-order valence-corrected chi connectivity index (χ3v) is 3.48. The molecule has 20 heavy (non-hydrogen) atoms. The Labute approximate surface area is 119 Å². The van der Waals surface area contributed by atoms with Crippen molar-refractivity contribution in [3.05, 3.63) is 23.9 Å². The summed E-state index contributed by atoms with van der Waals surface area (Å²) in [4.78, 5) is 16.0. The fourth-order valence-corrected chi connectivity index (χ4v) is 2.42. The molecule has 0 spiro atoms. The molecule has 1 heterocycles. The van der Waals surface area contributed by atoms with Gasteiger partial charge in [0, 0.05) is 12.7 Å². The molecule has 1 aromatic rings. The van der Waals surface area contributed by atoms with Crippen molar-refractivity contribution in [3.8, 4) is 0 Å². The van der Waals surface area contributed by atoms with Gasteiger partial charge in [0.2, 0.25) is 0 Å². The van der Waals surface area contributed by atoms with Crippen molar-refractivity contribution >= 4 is 11.7 Å². The van der Waals surface area contributed by atoms with Gasteiger partial charge in [-0.25, -0.2) is 10.8 Å². The van der Waals surface area contributed by atoms with E-state index in [2.05, 4.69) is 15.7 Å². The Balaban J connectivity index is 1.72. The molecule has 4 N–H and O–H groups in total. The lowest BCUT2D eigenvalue weighted by molar-refractivity contribution is 0.0299. The van der Waals surface area contributed by atoms with Crippen LogP contribution in [-0.2, 0) is 4.74 Å². The molecule has 0 saturated heterocycles. The Hall–Kier alpha value is -1.66. The van der Waals surface area contributed by atoms with Gasteiger partial charge in [-0.05, 0) is 25.0 Å². The lowest BCUT2D eigenvalue weighted by Crippen LogP contribution is -2.30. The van der Waals surface area contributed by atoms with Crippen molar-refractivity contribution in [3.63, 3.8) is 0 Å². The maximum Gasteiger partial charge on any atom is 0.255 e. The maximum atomic E-state index is 12.0. The molecule has 6 nitrogen and oxygen atoms in total. The molecule has 2 rings (SSSR count). The third kappa shape index (κ3) is 4.18. The Morgan fingerprint density at radius 3 is 2.95 bits per heavy atom. The van der Waals surface area contributed by atoms with Gasteiger partial charge >= 0.3 is 0 Å².